The molecule has 0 aromatic rings. The number of carbonyl (C=O) groups excluding carboxylic acids is 1. The van der Waals surface area contributed by atoms with Gasteiger partial charge in [0.25, 0.3) is 0 Å². The van der Waals surface area contributed by atoms with Gasteiger partial charge in [-0.3, -0.25) is 4.79 Å². The zero-order valence-electron chi connectivity index (χ0n) is 7.54. The SMILES string of the molecule is CC(NC1CCOC1C)C(N)=O. The third-order valence-electron chi connectivity index (χ3n) is 2.27. The molecule has 1 rings (SSSR count). The van der Waals surface area contributed by atoms with Crippen LogP contribution in [0.3, 0.4) is 0 Å². The van der Waals surface area contributed by atoms with E-state index in [4.69, 9.17) is 10.5 Å². The zero-order chi connectivity index (χ0) is 9.14. The summed E-state index contributed by atoms with van der Waals surface area (Å²) >= 11 is 0. The molecule has 70 valence electrons. The van der Waals surface area contributed by atoms with Crippen molar-refractivity contribution in [3.8, 4) is 0 Å². The maximum Gasteiger partial charge on any atom is 0.234 e. The van der Waals surface area contributed by atoms with Crippen molar-refractivity contribution in [1.82, 2.24) is 5.32 Å². The monoisotopic (exact) mass is 172 g/mol. The Morgan fingerprint density at radius 3 is 2.83 bits per heavy atom. The second-order valence-corrected chi connectivity index (χ2v) is 3.26. The predicted octanol–water partition coefficient (Wildman–Crippen LogP) is -0.373. The van der Waals surface area contributed by atoms with Crippen LogP contribution in [0.4, 0.5) is 0 Å². The predicted molar refractivity (Wildman–Crippen MR) is 45.6 cm³/mol. The van der Waals surface area contributed by atoms with E-state index in [0.717, 1.165) is 13.0 Å². The van der Waals surface area contributed by atoms with Crippen molar-refractivity contribution in [2.24, 2.45) is 5.73 Å². The lowest BCUT2D eigenvalue weighted by Gasteiger charge is -2.19. The lowest BCUT2D eigenvalue weighted by Crippen LogP contribution is -2.46. The normalized spacial score (nSPS) is 31.8. The maximum absolute atomic E-state index is 10.7. The average molecular weight is 172 g/mol. The van der Waals surface area contributed by atoms with Gasteiger partial charge in [-0.2, -0.15) is 0 Å². The Bertz CT molecular complexity index is 172. The van der Waals surface area contributed by atoms with Crippen molar-refractivity contribution < 1.29 is 9.53 Å². The minimum Gasteiger partial charge on any atom is -0.377 e. The molecule has 3 N–H and O–H groups in total. The molecule has 0 aliphatic carbocycles. The Morgan fingerprint density at radius 1 is 1.75 bits per heavy atom. The maximum atomic E-state index is 10.7. The lowest BCUT2D eigenvalue weighted by atomic mass is 10.1. The van der Waals surface area contributed by atoms with Gasteiger partial charge in [-0.1, -0.05) is 0 Å². The van der Waals surface area contributed by atoms with Crippen molar-refractivity contribution in [3.63, 3.8) is 0 Å². The van der Waals surface area contributed by atoms with Crippen LogP contribution in [0.1, 0.15) is 20.3 Å². The molecule has 1 saturated heterocycles. The number of hydrogen-bond donors (Lipinski definition) is 2. The van der Waals surface area contributed by atoms with Crippen LogP contribution in [0.5, 0.6) is 0 Å². The molecule has 0 radical (unpaired) electrons. The highest BCUT2D eigenvalue weighted by Gasteiger charge is 2.26. The van der Waals surface area contributed by atoms with Gasteiger partial charge in [-0.25, -0.2) is 0 Å². The van der Waals surface area contributed by atoms with Gasteiger partial charge in [0.05, 0.1) is 12.1 Å². The second-order valence-electron chi connectivity index (χ2n) is 3.26. The number of amides is 1. The first kappa shape index (κ1) is 9.48. The first-order valence-corrected chi connectivity index (χ1v) is 4.28. The first-order chi connectivity index (χ1) is 5.61. The molecule has 1 heterocycles. The summed E-state index contributed by atoms with van der Waals surface area (Å²) in [5.41, 5.74) is 5.12. The molecular formula is C8H16N2O2. The minimum absolute atomic E-state index is 0.187. The molecule has 0 aromatic heterocycles. The number of nitrogens with two attached hydrogens (primary N) is 1. The van der Waals surface area contributed by atoms with E-state index in [1.54, 1.807) is 6.92 Å². The largest absolute Gasteiger partial charge is 0.377 e. The van der Waals surface area contributed by atoms with Crippen LogP contribution in [0.15, 0.2) is 0 Å². The van der Waals surface area contributed by atoms with Crippen LogP contribution < -0.4 is 11.1 Å². The van der Waals surface area contributed by atoms with Crippen molar-refractivity contribution in [2.45, 2.75) is 38.5 Å². The van der Waals surface area contributed by atoms with Gasteiger partial charge >= 0.3 is 0 Å². The van der Waals surface area contributed by atoms with E-state index in [2.05, 4.69) is 5.32 Å². The van der Waals surface area contributed by atoms with E-state index < -0.39 is 0 Å². The van der Waals surface area contributed by atoms with Crippen molar-refractivity contribution in [2.75, 3.05) is 6.61 Å². The Labute approximate surface area is 72.5 Å². The van der Waals surface area contributed by atoms with Crippen LogP contribution in [0.25, 0.3) is 0 Å². The van der Waals surface area contributed by atoms with Gasteiger partial charge in [0.15, 0.2) is 0 Å². The van der Waals surface area contributed by atoms with E-state index >= 15 is 0 Å². The van der Waals surface area contributed by atoms with Crippen LogP contribution >= 0.6 is 0 Å². The zero-order valence-corrected chi connectivity index (χ0v) is 7.54. The Hall–Kier alpha value is -0.610. The molecule has 4 heteroatoms. The van der Waals surface area contributed by atoms with Crippen molar-refractivity contribution in [1.29, 1.82) is 0 Å². The molecule has 0 bridgehead atoms. The smallest absolute Gasteiger partial charge is 0.234 e. The minimum atomic E-state index is -0.311. The van der Waals surface area contributed by atoms with Gasteiger partial charge in [0.1, 0.15) is 0 Å². The summed E-state index contributed by atoms with van der Waals surface area (Å²) in [5.74, 6) is -0.311. The van der Waals surface area contributed by atoms with Gasteiger partial charge in [-0.15, -0.1) is 0 Å². The second kappa shape index (κ2) is 3.87. The fourth-order valence-electron chi connectivity index (χ4n) is 1.35. The van der Waals surface area contributed by atoms with E-state index in [1.165, 1.54) is 0 Å². The standard InChI is InChI=1S/C8H16N2O2/c1-5(8(9)11)10-7-3-4-12-6(7)2/h5-7,10H,3-4H2,1-2H3,(H2,9,11). The highest BCUT2D eigenvalue weighted by molar-refractivity contribution is 5.79. The van der Waals surface area contributed by atoms with Gasteiger partial charge in [0, 0.05) is 12.6 Å². The first-order valence-electron chi connectivity index (χ1n) is 4.28. The van der Waals surface area contributed by atoms with Gasteiger partial charge < -0.3 is 15.8 Å². The third kappa shape index (κ3) is 2.19. The summed E-state index contributed by atoms with van der Waals surface area (Å²) in [6.45, 7) is 4.54. The van der Waals surface area contributed by atoms with Crippen LogP contribution in [0.2, 0.25) is 0 Å². The number of hydrogen-bond acceptors (Lipinski definition) is 3. The van der Waals surface area contributed by atoms with Gasteiger partial charge in [0.2, 0.25) is 5.91 Å². The Balaban J connectivity index is 2.35. The van der Waals surface area contributed by atoms with E-state index in [0.29, 0.717) is 0 Å². The molecule has 1 aliphatic heterocycles. The molecule has 1 aliphatic rings. The summed E-state index contributed by atoms with van der Waals surface area (Å²) in [5, 5.41) is 3.13. The van der Waals surface area contributed by atoms with Crippen molar-refractivity contribution in [3.05, 3.63) is 0 Å². The molecule has 1 fully saturated rings. The lowest BCUT2D eigenvalue weighted by molar-refractivity contribution is -0.119. The number of primary amides is 1. The molecular weight excluding hydrogens is 156 g/mol. The quantitative estimate of drug-likeness (QED) is 0.610. The fourth-order valence-corrected chi connectivity index (χ4v) is 1.35. The summed E-state index contributed by atoms with van der Waals surface area (Å²) in [4.78, 5) is 10.7. The van der Waals surface area contributed by atoms with Gasteiger partial charge in [-0.05, 0) is 20.3 Å². The fraction of sp³-hybridized carbons (Fsp3) is 0.875. The molecule has 1 amide bonds. The number of nitrogens with one attached hydrogen (secondary N) is 1. The third-order valence-corrected chi connectivity index (χ3v) is 2.27. The molecule has 0 saturated carbocycles. The summed E-state index contributed by atoms with van der Waals surface area (Å²) in [7, 11) is 0. The average Bonchev–Trinajstić information content (AvgIpc) is 2.36. The van der Waals surface area contributed by atoms with E-state index in [-0.39, 0.29) is 24.1 Å². The molecule has 3 unspecified atom stereocenters. The molecule has 3 atom stereocenters. The number of rotatable bonds is 3. The van der Waals surface area contributed by atoms with E-state index in [9.17, 15) is 4.79 Å². The molecule has 0 spiro atoms. The Kier molecular flexibility index (Phi) is 3.05. The van der Waals surface area contributed by atoms with Crippen molar-refractivity contribution >= 4 is 5.91 Å². The van der Waals surface area contributed by atoms with Crippen LogP contribution in [-0.2, 0) is 9.53 Å². The number of ether oxygens (including phenoxy) is 1. The number of carbonyl (C=O) groups is 1. The van der Waals surface area contributed by atoms with Crippen LogP contribution in [0, 0.1) is 0 Å². The highest BCUT2D eigenvalue weighted by atomic mass is 16.5. The summed E-state index contributed by atoms with van der Waals surface area (Å²) in [6, 6.07) is 0.00616. The summed E-state index contributed by atoms with van der Waals surface area (Å²) in [6.07, 6.45) is 1.14. The molecule has 0 aromatic carbocycles. The van der Waals surface area contributed by atoms with Crippen LogP contribution in [-0.4, -0.2) is 30.7 Å². The highest BCUT2D eigenvalue weighted by Crippen LogP contribution is 2.12. The summed E-state index contributed by atoms with van der Waals surface area (Å²) < 4.78 is 5.33. The topological polar surface area (TPSA) is 64.3 Å². The molecule has 12 heavy (non-hydrogen) atoms. The molecule has 4 nitrogen and oxygen atoms in total. The van der Waals surface area contributed by atoms with E-state index in [1.807, 2.05) is 6.92 Å². The Morgan fingerprint density at radius 2 is 2.42 bits per heavy atom.